The Labute approximate surface area is 270 Å². The van der Waals surface area contributed by atoms with E-state index in [2.05, 4.69) is 187 Å². The molecule has 0 aliphatic carbocycles. The summed E-state index contributed by atoms with van der Waals surface area (Å²) >= 11 is 0. The van der Waals surface area contributed by atoms with Gasteiger partial charge in [-0.25, -0.2) is 0 Å². The fraction of sp³-hybridized carbons (Fsp3) is 0. The summed E-state index contributed by atoms with van der Waals surface area (Å²) in [6.07, 6.45) is 0. The Balaban J connectivity index is 1.34. The molecule has 0 saturated carbocycles. The predicted octanol–water partition coefficient (Wildman–Crippen LogP) is 7.70. The van der Waals surface area contributed by atoms with E-state index >= 15 is 0 Å². The number of para-hydroxylation sites is 2. The minimum Gasteiger partial charge on any atom is -0.309 e. The van der Waals surface area contributed by atoms with Gasteiger partial charge in [0.2, 0.25) is 0 Å². The number of hydrogen-bond donors (Lipinski definition) is 0. The van der Waals surface area contributed by atoms with Gasteiger partial charge >= 0.3 is 0 Å². The van der Waals surface area contributed by atoms with Gasteiger partial charge < -0.3 is 4.57 Å². The van der Waals surface area contributed by atoms with Gasteiger partial charge in [-0.15, -0.1) is 0 Å². The second kappa shape index (κ2) is 11.5. The highest BCUT2D eigenvalue weighted by atomic mass is 28.3. The largest absolute Gasteiger partial charge is 0.309 e. The molecule has 8 aromatic rings. The van der Waals surface area contributed by atoms with Gasteiger partial charge in [0, 0.05) is 16.5 Å². The Bertz CT molecular complexity index is 2220. The van der Waals surface area contributed by atoms with E-state index in [9.17, 15) is 5.26 Å². The van der Waals surface area contributed by atoms with Crippen molar-refractivity contribution in [1.82, 2.24) is 4.57 Å². The SMILES string of the molecule is N#Cc1cc(-n2c3ccccc3c3ccccc32)ccc1-c1cccc([Si](c2ccccc2)(c2ccccc2)c2ccccc2)c1. The lowest BCUT2D eigenvalue weighted by Gasteiger charge is -2.34. The van der Waals surface area contributed by atoms with E-state index < -0.39 is 8.07 Å². The van der Waals surface area contributed by atoms with Gasteiger partial charge in [0.25, 0.3) is 0 Å². The molecule has 0 saturated heterocycles. The van der Waals surface area contributed by atoms with Crippen molar-refractivity contribution in [3.8, 4) is 22.9 Å². The minimum atomic E-state index is -2.69. The van der Waals surface area contributed by atoms with Gasteiger partial charge in [-0.2, -0.15) is 5.26 Å². The van der Waals surface area contributed by atoms with Gasteiger partial charge in [0.15, 0.2) is 8.07 Å². The number of fused-ring (bicyclic) bond motifs is 3. The third-order valence-electron chi connectivity index (χ3n) is 9.19. The van der Waals surface area contributed by atoms with E-state index in [0.29, 0.717) is 5.56 Å². The second-order valence-corrected chi connectivity index (χ2v) is 15.4. The molecule has 1 heterocycles. The first-order valence-corrected chi connectivity index (χ1v) is 17.6. The Morgan fingerprint density at radius 1 is 0.435 bits per heavy atom. The van der Waals surface area contributed by atoms with Crippen LogP contribution in [0.5, 0.6) is 0 Å². The second-order valence-electron chi connectivity index (χ2n) is 11.6. The van der Waals surface area contributed by atoms with Crippen LogP contribution < -0.4 is 20.7 Å². The van der Waals surface area contributed by atoms with Crippen molar-refractivity contribution in [3.63, 3.8) is 0 Å². The van der Waals surface area contributed by atoms with Crippen LogP contribution in [-0.2, 0) is 0 Å². The minimum absolute atomic E-state index is 0.655. The quantitative estimate of drug-likeness (QED) is 0.142. The standard InChI is InChI=1S/C43H30N2Si/c44-31-33-29-34(45-42-25-12-10-23-40(42)41-24-11-13-26-43(41)45)27-28-39(33)32-15-14-22-38(30-32)46(35-16-4-1-5-17-35,36-18-6-2-7-19-36)37-20-8-3-9-21-37/h1-30H. The first kappa shape index (κ1) is 27.6. The van der Waals surface area contributed by atoms with Gasteiger partial charge in [-0.1, -0.05) is 158 Å². The monoisotopic (exact) mass is 602 g/mol. The molecule has 7 aromatic carbocycles. The summed E-state index contributed by atoms with van der Waals surface area (Å²) in [5.41, 5.74) is 5.88. The molecule has 0 radical (unpaired) electrons. The molecule has 0 unspecified atom stereocenters. The molecule has 0 aliphatic heterocycles. The van der Waals surface area contributed by atoms with E-state index in [4.69, 9.17) is 0 Å². The average Bonchev–Trinajstić information content (AvgIpc) is 3.48. The van der Waals surface area contributed by atoms with E-state index in [1.54, 1.807) is 0 Å². The van der Waals surface area contributed by atoms with Gasteiger partial charge in [-0.05, 0) is 56.1 Å². The predicted molar refractivity (Wildman–Crippen MR) is 195 cm³/mol. The highest BCUT2D eigenvalue weighted by Gasteiger charge is 2.41. The molecule has 0 atom stereocenters. The van der Waals surface area contributed by atoms with Crippen molar-refractivity contribution in [2.75, 3.05) is 0 Å². The molecule has 3 heteroatoms. The summed E-state index contributed by atoms with van der Waals surface area (Å²) in [5, 5.41) is 18.2. The highest BCUT2D eigenvalue weighted by molar-refractivity contribution is 7.19. The Morgan fingerprint density at radius 2 is 0.913 bits per heavy atom. The van der Waals surface area contributed by atoms with Gasteiger partial charge in [0.1, 0.15) is 0 Å². The Hall–Kier alpha value is -5.95. The third-order valence-corrected chi connectivity index (χ3v) is 14.0. The number of hydrogen-bond acceptors (Lipinski definition) is 1. The van der Waals surface area contributed by atoms with E-state index in [-0.39, 0.29) is 0 Å². The summed E-state index contributed by atoms with van der Waals surface area (Å²) in [4.78, 5) is 0. The van der Waals surface area contributed by atoms with Crippen molar-refractivity contribution < 1.29 is 0 Å². The van der Waals surface area contributed by atoms with E-state index in [0.717, 1.165) is 27.8 Å². The third kappa shape index (κ3) is 4.39. The van der Waals surface area contributed by atoms with E-state index in [1.165, 1.54) is 31.5 Å². The maximum Gasteiger partial charge on any atom is 0.179 e. The molecule has 46 heavy (non-hydrogen) atoms. The fourth-order valence-corrected chi connectivity index (χ4v) is 12.0. The van der Waals surface area contributed by atoms with Crippen LogP contribution in [0.15, 0.2) is 182 Å². The number of nitriles is 1. The average molecular weight is 603 g/mol. The summed E-state index contributed by atoms with van der Waals surface area (Å²) in [6.45, 7) is 0. The summed E-state index contributed by atoms with van der Waals surface area (Å²) in [7, 11) is -2.69. The van der Waals surface area contributed by atoms with Crippen molar-refractivity contribution in [2.45, 2.75) is 0 Å². The fourth-order valence-electron chi connectivity index (χ4n) is 7.20. The molecule has 0 fully saturated rings. The number of rotatable bonds is 6. The normalized spacial score (nSPS) is 11.5. The van der Waals surface area contributed by atoms with Crippen LogP contribution in [0.3, 0.4) is 0 Å². The van der Waals surface area contributed by atoms with Gasteiger partial charge in [0.05, 0.1) is 22.7 Å². The molecule has 0 bridgehead atoms. The zero-order chi connectivity index (χ0) is 30.9. The lowest BCUT2D eigenvalue weighted by molar-refractivity contribution is 1.18. The lowest BCUT2D eigenvalue weighted by atomic mass is 9.99. The van der Waals surface area contributed by atoms with Gasteiger partial charge in [-0.3, -0.25) is 0 Å². The molecule has 216 valence electrons. The Kier molecular flexibility index (Phi) is 6.91. The first-order valence-electron chi connectivity index (χ1n) is 15.6. The van der Waals surface area contributed by atoms with Crippen molar-refractivity contribution in [2.24, 2.45) is 0 Å². The summed E-state index contributed by atoms with van der Waals surface area (Å²) < 4.78 is 2.27. The van der Waals surface area contributed by atoms with Crippen LogP contribution >= 0.6 is 0 Å². The van der Waals surface area contributed by atoms with Crippen LogP contribution in [0.25, 0.3) is 38.6 Å². The van der Waals surface area contributed by atoms with Crippen LogP contribution in [-0.4, -0.2) is 12.6 Å². The summed E-state index contributed by atoms with van der Waals surface area (Å²) in [6, 6.07) is 67.5. The molecule has 0 aliphatic rings. The molecule has 0 amide bonds. The topological polar surface area (TPSA) is 28.7 Å². The van der Waals surface area contributed by atoms with Crippen LogP contribution in [0.2, 0.25) is 0 Å². The number of benzene rings is 7. The molecular formula is C43H30N2Si. The number of nitrogens with zero attached hydrogens (tertiary/aromatic N) is 2. The molecule has 0 N–H and O–H groups in total. The van der Waals surface area contributed by atoms with Crippen LogP contribution in [0.4, 0.5) is 0 Å². The molecule has 2 nitrogen and oxygen atoms in total. The smallest absolute Gasteiger partial charge is 0.179 e. The zero-order valence-corrected chi connectivity index (χ0v) is 26.2. The molecular weight excluding hydrogens is 573 g/mol. The van der Waals surface area contributed by atoms with E-state index in [1.807, 2.05) is 6.07 Å². The molecule has 0 spiro atoms. The maximum absolute atomic E-state index is 10.5. The first-order chi connectivity index (χ1) is 22.8. The zero-order valence-electron chi connectivity index (χ0n) is 25.2. The summed E-state index contributed by atoms with van der Waals surface area (Å²) in [5.74, 6) is 0. The lowest BCUT2D eigenvalue weighted by Crippen LogP contribution is -2.74. The van der Waals surface area contributed by atoms with Crippen LogP contribution in [0.1, 0.15) is 5.56 Å². The van der Waals surface area contributed by atoms with Crippen molar-refractivity contribution in [3.05, 3.63) is 188 Å². The van der Waals surface area contributed by atoms with Crippen molar-refractivity contribution >= 4 is 50.6 Å². The number of aromatic nitrogens is 1. The Morgan fingerprint density at radius 3 is 1.43 bits per heavy atom. The molecule has 1 aromatic heterocycles. The van der Waals surface area contributed by atoms with Crippen LogP contribution in [0, 0.1) is 11.3 Å². The van der Waals surface area contributed by atoms with Crippen molar-refractivity contribution in [1.29, 1.82) is 5.26 Å². The molecule has 8 rings (SSSR count). The highest BCUT2D eigenvalue weighted by Crippen LogP contribution is 2.33. The maximum atomic E-state index is 10.5.